The van der Waals surface area contributed by atoms with Crippen LogP contribution in [0.1, 0.15) is 55.8 Å². The molecule has 3 N–H and O–H groups in total. The lowest BCUT2D eigenvalue weighted by atomic mass is 9.83. The summed E-state index contributed by atoms with van der Waals surface area (Å²) in [5.41, 5.74) is 1.11. The first-order chi connectivity index (χ1) is 19.7. The molecular formula is C29H33F2N5O5. The fraction of sp³-hybridized carbons (Fsp3) is 0.448. The summed E-state index contributed by atoms with van der Waals surface area (Å²) in [6, 6.07) is 5.23. The van der Waals surface area contributed by atoms with Crippen molar-refractivity contribution in [3.8, 4) is 0 Å². The normalized spacial score (nSPS) is 27.0. The minimum atomic E-state index is -1.39. The predicted molar refractivity (Wildman–Crippen MR) is 143 cm³/mol. The van der Waals surface area contributed by atoms with Crippen molar-refractivity contribution in [3.63, 3.8) is 0 Å². The number of imide groups is 1. The maximum atomic E-state index is 14.2. The van der Waals surface area contributed by atoms with Gasteiger partial charge in [0.1, 0.15) is 6.04 Å². The van der Waals surface area contributed by atoms with Gasteiger partial charge in [-0.05, 0) is 62.4 Å². The molecule has 12 heteroatoms. The second-order valence-electron chi connectivity index (χ2n) is 10.7. The highest BCUT2D eigenvalue weighted by molar-refractivity contribution is 6.01. The number of allylic oxidation sites excluding steroid dienone is 1. The number of rotatable bonds is 5. The summed E-state index contributed by atoms with van der Waals surface area (Å²) >= 11 is 0. The smallest absolute Gasteiger partial charge is 0.337 e. The van der Waals surface area contributed by atoms with E-state index in [-0.39, 0.29) is 22.9 Å². The Morgan fingerprint density at radius 3 is 2.51 bits per heavy atom. The molecule has 0 radical (unpaired) electrons. The van der Waals surface area contributed by atoms with Gasteiger partial charge in [0.2, 0.25) is 0 Å². The molecule has 2 aromatic rings. The van der Waals surface area contributed by atoms with E-state index in [0.717, 1.165) is 55.5 Å². The van der Waals surface area contributed by atoms with Crippen LogP contribution in [0.4, 0.5) is 18.4 Å². The molecule has 2 fully saturated rings. The van der Waals surface area contributed by atoms with Gasteiger partial charge in [-0.1, -0.05) is 12.1 Å². The number of carbonyl (C=O) groups is 3. The quantitative estimate of drug-likeness (QED) is 0.472. The lowest BCUT2D eigenvalue weighted by molar-refractivity contribution is -0.136. The van der Waals surface area contributed by atoms with Crippen LogP contribution < -0.4 is 10.6 Å². The monoisotopic (exact) mass is 569 g/mol. The van der Waals surface area contributed by atoms with Crippen molar-refractivity contribution in [1.82, 2.24) is 25.4 Å². The molecular weight excluding hydrogens is 536 g/mol. The molecule has 3 aliphatic rings. The Hall–Kier alpha value is -3.90. The average Bonchev–Trinajstić information content (AvgIpc) is 3.33. The fourth-order valence-corrected chi connectivity index (χ4v) is 6.16. The molecule has 1 saturated carbocycles. The second kappa shape index (κ2) is 11.9. The number of hydrogen-bond donors (Lipinski definition) is 3. The number of nitrogens with one attached hydrogen (secondary N) is 2. The van der Waals surface area contributed by atoms with Crippen molar-refractivity contribution in [2.45, 2.75) is 62.8 Å². The van der Waals surface area contributed by atoms with Crippen molar-refractivity contribution in [1.29, 1.82) is 0 Å². The third kappa shape index (κ3) is 5.80. The molecule has 41 heavy (non-hydrogen) atoms. The highest BCUT2D eigenvalue weighted by Crippen LogP contribution is 2.37. The van der Waals surface area contributed by atoms with Gasteiger partial charge in [0, 0.05) is 42.6 Å². The number of pyridine rings is 1. The van der Waals surface area contributed by atoms with Gasteiger partial charge in [0.05, 0.1) is 24.8 Å². The summed E-state index contributed by atoms with van der Waals surface area (Å²) in [4.78, 5) is 46.7. The minimum Gasteiger partial charge on any atom is -0.466 e. The summed E-state index contributed by atoms with van der Waals surface area (Å²) in [6.45, 7) is 2.18. The summed E-state index contributed by atoms with van der Waals surface area (Å²) in [5, 5.41) is 16.1. The third-order valence-electron chi connectivity index (χ3n) is 8.28. The SMILES string of the molecule is COC(=O)C1=C(C)NC(=O)N(C(=O)NC2CN(C3CCC(c4ccccn4)CC3)CC2O)[C@H]1c1ccc(F)c(F)c1. The first-order valence-corrected chi connectivity index (χ1v) is 13.7. The Morgan fingerprint density at radius 1 is 1.10 bits per heavy atom. The molecule has 5 rings (SSSR count). The number of ether oxygens (including phenoxy) is 1. The molecule has 3 atom stereocenters. The number of urea groups is 2. The number of amides is 4. The molecule has 218 valence electrons. The van der Waals surface area contributed by atoms with E-state index in [1.165, 1.54) is 13.0 Å². The van der Waals surface area contributed by atoms with Crippen LogP contribution in [0.2, 0.25) is 0 Å². The zero-order valence-electron chi connectivity index (χ0n) is 22.8. The van der Waals surface area contributed by atoms with Crippen molar-refractivity contribution in [2.75, 3.05) is 20.2 Å². The van der Waals surface area contributed by atoms with Crippen LogP contribution in [0, 0.1) is 11.6 Å². The summed E-state index contributed by atoms with van der Waals surface area (Å²) in [5.74, 6) is -2.77. The molecule has 10 nitrogen and oxygen atoms in total. The number of aliphatic hydroxyl groups is 1. The number of methoxy groups -OCH3 is 1. The predicted octanol–water partition coefficient (Wildman–Crippen LogP) is 3.35. The van der Waals surface area contributed by atoms with Crippen molar-refractivity contribution < 1.29 is 33.0 Å². The van der Waals surface area contributed by atoms with Gasteiger partial charge in [-0.15, -0.1) is 0 Å². The topological polar surface area (TPSA) is 124 Å². The Kier molecular flexibility index (Phi) is 8.32. The summed E-state index contributed by atoms with van der Waals surface area (Å²) < 4.78 is 32.8. The lowest BCUT2D eigenvalue weighted by Gasteiger charge is -2.37. The van der Waals surface area contributed by atoms with Gasteiger partial charge >= 0.3 is 18.0 Å². The van der Waals surface area contributed by atoms with Crippen LogP contribution in [0.3, 0.4) is 0 Å². The number of benzene rings is 1. The molecule has 4 amide bonds. The molecule has 0 spiro atoms. The Bertz CT molecular complexity index is 1350. The van der Waals surface area contributed by atoms with Crippen LogP contribution in [-0.4, -0.2) is 76.3 Å². The number of esters is 1. The van der Waals surface area contributed by atoms with Crippen LogP contribution in [0.15, 0.2) is 53.9 Å². The molecule has 1 aromatic heterocycles. The number of aromatic nitrogens is 1. The van der Waals surface area contributed by atoms with E-state index in [1.807, 2.05) is 18.2 Å². The van der Waals surface area contributed by atoms with Crippen LogP contribution in [0.5, 0.6) is 0 Å². The molecule has 3 heterocycles. The van der Waals surface area contributed by atoms with E-state index >= 15 is 0 Å². The third-order valence-corrected chi connectivity index (χ3v) is 8.28. The van der Waals surface area contributed by atoms with E-state index in [1.54, 1.807) is 6.20 Å². The largest absolute Gasteiger partial charge is 0.466 e. The van der Waals surface area contributed by atoms with Crippen LogP contribution in [-0.2, 0) is 9.53 Å². The molecule has 1 aliphatic carbocycles. The molecule has 1 saturated heterocycles. The zero-order valence-corrected chi connectivity index (χ0v) is 22.8. The number of nitrogens with zero attached hydrogens (tertiary/aromatic N) is 3. The number of halogens is 2. The number of likely N-dealkylation sites (tertiary alicyclic amines) is 1. The van der Waals surface area contributed by atoms with Gasteiger partial charge in [0.15, 0.2) is 11.6 Å². The maximum Gasteiger partial charge on any atom is 0.337 e. The maximum absolute atomic E-state index is 14.2. The Morgan fingerprint density at radius 2 is 1.85 bits per heavy atom. The minimum absolute atomic E-state index is 0.00640. The van der Waals surface area contributed by atoms with Gasteiger partial charge in [-0.25, -0.2) is 28.1 Å². The Labute approximate surface area is 236 Å². The van der Waals surface area contributed by atoms with Crippen LogP contribution in [0.25, 0.3) is 0 Å². The summed E-state index contributed by atoms with van der Waals surface area (Å²) in [7, 11) is 1.14. The van der Waals surface area contributed by atoms with Gasteiger partial charge < -0.3 is 20.5 Å². The zero-order chi connectivity index (χ0) is 29.3. The van der Waals surface area contributed by atoms with E-state index < -0.39 is 47.9 Å². The molecule has 2 unspecified atom stereocenters. The van der Waals surface area contributed by atoms with E-state index in [0.29, 0.717) is 19.0 Å². The average molecular weight is 570 g/mol. The number of β-amino-alcohol motifs (C(OH)–C–C–N with tert-alkyl or cyclic N) is 1. The van der Waals surface area contributed by atoms with Gasteiger partial charge in [-0.3, -0.25) is 9.88 Å². The van der Waals surface area contributed by atoms with E-state index in [9.17, 15) is 28.3 Å². The van der Waals surface area contributed by atoms with Gasteiger partial charge in [-0.2, -0.15) is 0 Å². The highest BCUT2D eigenvalue weighted by Gasteiger charge is 2.44. The molecule has 2 aliphatic heterocycles. The lowest BCUT2D eigenvalue weighted by Crippen LogP contribution is -2.57. The van der Waals surface area contributed by atoms with Crippen molar-refractivity contribution >= 4 is 18.0 Å². The first kappa shape index (κ1) is 28.6. The van der Waals surface area contributed by atoms with Gasteiger partial charge in [0.25, 0.3) is 0 Å². The van der Waals surface area contributed by atoms with E-state index in [4.69, 9.17) is 4.74 Å². The van der Waals surface area contributed by atoms with Crippen molar-refractivity contribution in [3.05, 3.63) is 76.8 Å². The van der Waals surface area contributed by atoms with E-state index in [2.05, 4.69) is 20.5 Å². The number of aliphatic hydroxyl groups excluding tert-OH is 1. The summed E-state index contributed by atoms with van der Waals surface area (Å²) in [6.07, 6.45) is 4.70. The fourth-order valence-electron chi connectivity index (χ4n) is 6.16. The Balaban J connectivity index is 1.31. The second-order valence-corrected chi connectivity index (χ2v) is 10.7. The highest BCUT2D eigenvalue weighted by atomic mass is 19.2. The van der Waals surface area contributed by atoms with Crippen LogP contribution >= 0.6 is 0 Å². The molecule has 1 aromatic carbocycles. The number of carbonyl (C=O) groups excluding carboxylic acids is 3. The van der Waals surface area contributed by atoms with Crippen molar-refractivity contribution in [2.24, 2.45) is 0 Å². The standard InChI is InChI=1S/C29H33F2N5O5/c1-16-25(27(38)41-2)26(18-8-11-20(30)21(31)13-18)36(28(39)33-16)29(40)34-23-14-35(15-24(23)37)19-9-6-17(7-10-19)22-5-3-4-12-32-22/h3-5,8,11-13,17,19,23-24,26,37H,6-7,9-10,14-15H2,1-2H3,(H,33,39)(H,34,40)/t17?,19?,23?,24?,26-/m0/s1. The number of hydrogen-bond acceptors (Lipinski definition) is 7. The first-order valence-electron chi connectivity index (χ1n) is 13.7. The molecule has 0 bridgehead atoms.